The van der Waals surface area contributed by atoms with E-state index in [2.05, 4.69) is 25.9 Å². The van der Waals surface area contributed by atoms with E-state index in [4.69, 9.17) is 9.31 Å². The van der Waals surface area contributed by atoms with Gasteiger partial charge in [-0.3, -0.25) is 19.4 Å². The quantitative estimate of drug-likeness (QED) is 0.301. The number of aromatic nitrogens is 2. The van der Waals surface area contributed by atoms with Crippen molar-refractivity contribution in [2.24, 2.45) is 5.92 Å². The van der Waals surface area contributed by atoms with Gasteiger partial charge in [-0.1, -0.05) is 44.2 Å². The number of benzene rings is 1. The summed E-state index contributed by atoms with van der Waals surface area (Å²) in [5.74, 6) is -4.14. The maximum atomic E-state index is 13.5. The molecule has 0 spiro atoms. The molecule has 0 radical (unpaired) electrons. The lowest BCUT2D eigenvalue weighted by Gasteiger charge is -2.35. The average Bonchev–Trinajstić information content (AvgIpc) is 2.88. The standard InChI is InChI=1S/C24H30BN5O7/c1-14(2)11-18(25-36-20(23(33)34)19(26-3)24(35)37-25)30-21(31)16(12-15-7-5-4-6-8-15)29-22(32)17-13-27-9-10-28-17/h4-10,13-14,16,18-20,26H,11-12H2,1-3H3,(H,29,32)(H,30,31)(H,33,34)/t16-,18-,19-,20+/m0/s1. The van der Waals surface area contributed by atoms with Crippen LogP contribution in [0.3, 0.4) is 0 Å². The molecule has 2 heterocycles. The van der Waals surface area contributed by atoms with Crippen molar-refractivity contribution in [3.8, 4) is 0 Å². The first kappa shape index (κ1) is 27.7. The fourth-order valence-corrected chi connectivity index (χ4v) is 3.95. The summed E-state index contributed by atoms with van der Waals surface area (Å²) in [4.78, 5) is 58.3. The third kappa shape index (κ3) is 7.57. The Bertz CT molecular complexity index is 1090. The molecular formula is C24H30BN5O7. The van der Waals surface area contributed by atoms with Crippen LogP contribution in [0.15, 0.2) is 48.9 Å². The van der Waals surface area contributed by atoms with E-state index in [1.54, 1.807) is 0 Å². The van der Waals surface area contributed by atoms with Crippen LogP contribution in [0.25, 0.3) is 0 Å². The van der Waals surface area contributed by atoms with Crippen molar-refractivity contribution in [2.45, 2.75) is 50.8 Å². The molecule has 0 saturated carbocycles. The summed E-state index contributed by atoms with van der Waals surface area (Å²) < 4.78 is 11.0. The zero-order valence-corrected chi connectivity index (χ0v) is 20.8. The number of carbonyl (C=O) groups excluding carboxylic acids is 3. The molecule has 2 aromatic rings. The summed E-state index contributed by atoms with van der Waals surface area (Å²) in [6.45, 7) is 3.79. The third-order valence-corrected chi connectivity index (χ3v) is 5.71. The molecule has 1 aliphatic heterocycles. The Balaban J connectivity index is 1.83. The molecule has 37 heavy (non-hydrogen) atoms. The number of nitrogens with one attached hydrogen (secondary N) is 3. The van der Waals surface area contributed by atoms with Gasteiger partial charge in [0.05, 0.1) is 12.1 Å². The number of carbonyl (C=O) groups is 4. The molecular weight excluding hydrogens is 481 g/mol. The van der Waals surface area contributed by atoms with E-state index in [1.165, 1.54) is 25.6 Å². The monoisotopic (exact) mass is 511 g/mol. The summed E-state index contributed by atoms with van der Waals surface area (Å²) in [5, 5.41) is 17.6. The van der Waals surface area contributed by atoms with Gasteiger partial charge in [0, 0.05) is 18.8 Å². The predicted molar refractivity (Wildman–Crippen MR) is 132 cm³/mol. The first-order chi connectivity index (χ1) is 17.7. The second kappa shape index (κ2) is 12.9. The van der Waals surface area contributed by atoms with Crippen LogP contribution in [0.1, 0.15) is 36.3 Å². The predicted octanol–water partition coefficient (Wildman–Crippen LogP) is -0.00940. The van der Waals surface area contributed by atoms with E-state index in [9.17, 15) is 24.3 Å². The van der Waals surface area contributed by atoms with E-state index in [1.807, 2.05) is 44.2 Å². The summed E-state index contributed by atoms with van der Waals surface area (Å²) in [6.07, 6.45) is 3.06. The number of amides is 2. The first-order valence-corrected chi connectivity index (χ1v) is 11.9. The molecule has 4 N–H and O–H groups in total. The molecule has 1 fully saturated rings. The van der Waals surface area contributed by atoms with Gasteiger partial charge in [0.15, 0.2) is 6.10 Å². The maximum Gasteiger partial charge on any atom is 0.552 e. The minimum absolute atomic E-state index is 0.0275. The number of carboxylic acid groups (broad SMARTS) is 1. The van der Waals surface area contributed by atoms with Crippen LogP contribution in [0.5, 0.6) is 0 Å². The minimum atomic E-state index is -1.50. The van der Waals surface area contributed by atoms with Crippen molar-refractivity contribution in [2.75, 3.05) is 7.05 Å². The van der Waals surface area contributed by atoms with Crippen molar-refractivity contribution in [1.29, 1.82) is 0 Å². The SMILES string of the molecule is CN[C@@H]1C(=O)OB([C@H](CC(C)C)NC(=O)[C@H](Cc2ccccc2)NC(=O)c2cnccn2)O[C@H]1C(=O)O. The molecule has 2 amide bonds. The van der Waals surface area contributed by atoms with Gasteiger partial charge >= 0.3 is 19.1 Å². The highest BCUT2D eigenvalue weighted by atomic mass is 16.6. The van der Waals surface area contributed by atoms with E-state index in [-0.39, 0.29) is 18.0 Å². The fourth-order valence-electron chi connectivity index (χ4n) is 3.95. The molecule has 12 nitrogen and oxygen atoms in total. The fraction of sp³-hybridized carbons (Fsp3) is 0.417. The summed E-state index contributed by atoms with van der Waals surface area (Å²) in [7, 11) is 0.0880. The highest BCUT2D eigenvalue weighted by Gasteiger charge is 2.49. The Morgan fingerprint density at radius 2 is 1.86 bits per heavy atom. The molecule has 0 aliphatic carbocycles. The Morgan fingerprint density at radius 3 is 2.46 bits per heavy atom. The zero-order valence-electron chi connectivity index (χ0n) is 20.8. The molecule has 13 heteroatoms. The van der Waals surface area contributed by atoms with Gasteiger partial charge in [-0.2, -0.15) is 0 Å². The van der Waals surface area contributed by atoms with Crippen LogP contribution in [0.2, 0.25) is 0 Å². The normalized spacial score (nSPS) is 19.0. The van der Waals surface area contributed by atoms with Crippen molar-refractivity contribution in [1.82, 2.24) is 25.9 Å². The Kier molecular flexibility index (Phi) is 9.69. The molecule has 1 aromatic heterocycles. The number of hydrogen-bond donors (Lipinski definition) is 4. The Morgan fingerprint density at radius 1 is 1.14 bits per heavy atom. The number of rotatable bonds is 11. The van der Waals surface area contributed by atoms with Crippen LogP contribution in [0.4, 0.5) is 0 Å². The van der Waals surface area contributed by atoms with E-state index in [0.29, 0.717) is 6.42 Å². The molecule has 1 saturated heterocycles. The van der Waals surface area contributed by atoms with E-state index in [0.717, 1.165) is 5.56 Å². The largest absolute Gasteiger partial charge is 0.552 e. The number of carboxylic acids is 1. The van der Waals surface area contributed by atoms with Crippen molar-refractivity contribution < 1.29 is 33.6 Å². The van der Waals surface area contributed by atoms with Gasteiger partial charge in [0.25, 0.3) is 5.91 Å². The van der Waals surface area contributed by atoms with Crippen LogP contribution >= 0.6 is 0 Å². The third-order valence-electron chi connectivity index (χ3n) is 5.71. The second-order valence-electron chi connectivity index (χ2n) is 9.02. The maximum absolute atomic E-state index is 13.5. The lowest BCUT2D eigenvalue weighted by atomic mass is 9.72. The number of hydrogen-bond acceptors (Lipinski definition) is 9. The van der Waals surface area contributed by atoms with Crippen molar-refractivity contribution in [3.05, 3.63) is 60.2 Å². The van der Waals surface area contributed by atoms with Crippen molar-refractivity contribution in [3.63, 3.8) is 0 Å². The lowest BCUT2D eigenvalue weighted by molar-refractivity contribution is -0.161. The van der Waals surface area contributed by atoms with Gasteiger partial charge in [-0.05, 0) is 24.9 Å². The molecule has 1 aliphatic rings. The molecule has 4 atom stereocenters. The highest BCUT2D eigenvalue weighted by molar-refractivity contribution is 6.50. The number of likely N-dealkylation sites (N-methyl/N-ethyl adjacent to an activating group) is 1. The topological polar surface area (TPSA) is 169 Å². The molecule has 3 rings (SSSR count). The van der Waals surface area contributed by atoms with Crippen LogP contribution in [-0.4, -0.2) is 77.1 Å². The van der Waals surface area contributed by atoms with Crippen LogP contribution in [0, 0.1) is 5.92 Å². The number of nitrogens with zero attached hydrogens (tertiary/aromatic N) is 2. The van der Waals surface area contributed by atoms with Crippen molar-refractivity contribution >= 4 is 30.9 Å². The minimum Gasteiger partial charge on any atom is -0.507 e. The van der Waals surface area contributed by atoms with Gasteiger partial charge in [0.2, 0.25) is 5.91 Å². The lowest BCUT2D eigenvalue weighted by Crippen LogP contribution is -2.64. The van der Waals surface area contributed by atoms with Gasteiger partial charge in [-0.15, -0.1) is 0 Å². The average molecular weight is 511 g/mol. The van der Waals surface area contributed by atoms with E-state index >= 15 is 0 Å². The molecule has 0 unspecified atom stereocenters. The number of aliphatic carboxylic acids is 1. The first-order valence-electron chi connectivity index (χ1n) is 11.9. The zero-order chi connectivity index (χ0) is 26.9. The van der Waals surface area contributed by atoms with Gasteiger partial charge in [-0.25, -0.2) is 9.78 Å². The van der Waals surface area contributed by atoms with Crippen LogP contribution < -0.4 is 16.0 Å². The molecule has 1 aromatic carbocycles. The van der Waals surface area contributed by atoms with E-state index < -0.39 is 55.0 Å². The summed E-state index contributed by atoms with van der Waals surface area (Å²) in [5.41, 5.74) is 0.838. The highest BCUT2D eigenvalue weighted by Crippen LogP contribution is 2.19. The van der Waals surface area contributed by atoms with Crippen LogP contribution in [-0.2, 0) is 30.1 Å². The Hall–Kier alpha value is -3.84. The Labute approximate surface area is 214 Å². The summed E-state index contributed by atoms with van der Waals surface area (Å²) >= 11 is 0. The molecule has 0 bridgehead atoms. The second-order valence-corrected chi connectivity index (χ2v) is 9.02. The van der Waals surface area contributed by atoms with Gasteiger partial charge < -0.3 is 30.4 Å². The smallest absolute Gasteiger partial charge is 0.507 e. The molecule has 196 valence electrons. The summed E-state index contributed by atoms with van der Waals surface area (Å²) in [6, 6.07) is 6.89. The van der Waals surface area contributed by atoms with Gasteiger partial charge in [0.1, 0.15) is 17.8 Å².